The normalized spacial score (nSPS) is 13.6. The highest BCUT2D eigenvalue weighted by Crippen LogP contribution is 2.15. The third-order valence-corrected chi connectivity index (χ3v) is 4.13. The maximum Gasteiger partial charge on any atom is 0.269 e. The second-order valence-corrected chi connectivity index (χ2v) is 6.03. The predicted octanol–water partition coefficient (Wildman–Crippen LogP) is 2.02. The molecule has 6 nitrogen and oxygen atoms in total. The van der Waals surface area contributed by atoms with E-state index in [4.69, 9.17) is 0 Å². The molecule has 2 aromatic carbocycles. The number of benzene rings is 2. The Bertz CT molecular complexity index is 836. The third kappa shape index (κ3) is 4.24. The molecule has 0 unspecified atom stereocenters. The van der Waals surface area contributed by atoms with Crippen molar-refractivity contribution < 1.29 is 18.8 Å². The highest BCUT2D eigenvalue weighted by Gasteiger charge is 2.20. The number of hydrogen-bond acceptors (Lipinski definition) is 3. The van der Waals surface area contributed by atoms with Gasteiger partial charge in [0.2, 0.25) is 5.91 Å². The molecule has 2 aromatic rings. The van der Waals surface area contributed by atoms with Gasteiger partial charge in [0.05, 0.1) is 0 Å². The predicted molar refractivity (Wildman–Crippen MR) is 92.4 cm³/mol. The molecular formula is C19H18FN3O3. The van der Waals surface area contributed by atoms with E-state index in [2.05, 4.69) is 10.9 Å². The van der Waals surface area contributed by atoms with E-state index in [1.807, 2.05) is 6.07 Å². The lowest BCUT2D eigenvalue weighted by molar-refractivity contribution is -0.128. The second kappa shape index (κ2) is 7.77. The molecule has 0 spiro atoms. The van der Waals surface area contributed by atoms with Crippen LogP contribution < -0.4 is 10.9 Å². The monoisotopic (exact) mass is 355 g/mol. The molecule has 7 heteroatoms. The van der Waals surface area contributed by atoms with Crippen LogP contribution in [0.15, 0.2) is 48.5 Å². The van der Waals surface area contributed by atoms with E-state index in [0.717, 1.165) is 18.5 Å². The van der Waals surface area contributed by atoms with Crippen LogP contribution in [0.1, 0.15) is 39.1 Å². The second-order valence-electron chi connectivity index (χ2n) is 6.03. The van der Waals surface area contributed by atoms with E-state index in [9.17, 15) is 18.8 Å². The fourth-order valence-electron chi connectivity index (χ4n) is 2.76. The molecule has 0 radical (unpaired) electrons. The molecule has 1 aliphatic rings. The molecule has 0 aromatic heterocycles. The van der Waals surface area contributed by atoms with E-state index in [0.29, 0.717) is 18.5 Å². The Balaban J connectivity index is 1.59. The number of likely N-dealkylation sites (tertiary alicyclic amines) is 1. The minimum Gasteiger partial charge on any atom is -0.338 e. The fraction of sp³-hybridized carbons (Fsp3) is 0.211. The minimum atomic E-state index is -0.544. The van der Waals surface area contributed by atoms with Gasteiger partial charge >= 0.3 is 0 Å². The van der Waals surface area contributed by atoms with Gasteiger partial charge in [0.25, 0.3) is 11.8 Å². The van der Waals surface area contributed by atoms with Crippen LogP contribution in [-0.4, -0.2) is 29.2 Å². The van der Waals surface area contributed by atoms with E-state index < -0.39 is 17.6 Å². The van der Waals surface area contributed by atoms with Crippen LogP contribution in [0.3, 0.4) is 0 Å². The number of halogens is 1. The van der Waals surface area contributed by atoms with Crippen molar-refractivity contribution in [3.63, 3.8) is 0 Å². The highest BCUT2D eigenvalue weighted by molar-refractivity contribution is 5.99. The number of hydrogen-bond donors (Lipinski definition) is 2. The Morgan fingerprint density at radius 1 is 1.00 bits per heavy atom. The van der Waals surface area contributed by atoms with Crippen molar-refractivity contribution in [2.45, 2.75) is 19.4 Å². The van der Waals surface area contributed by atoms with Crippen LogP contribution >= 0.6 is 0 Å². The summed E-state index contributed by atoms with van der Waals surface area (Å²) in [7, 11) is 0. The zero-order chi connectivity index (χ0) is 18.5. The Morgan fingerprint density at radius 3 is 2.35 bits per heavy atom. The number of nitrogens with zero attached hydrogens (tertiary/aromatic N) is 1. The van der Waals surface area contributed by atoms with Gasteiger partial charge in [0, 0.05) is 30.6 Å². The Labute approximate surface area is 150 Å². The van der Waals surface area contributed by atoms with Gasteiger partial charge in [-0.3, -0.25) is 25.2 Å². The molecule has 134 valence electrons. The van der Waals surface area contributed by atoms with Crippen molar-refractivity contribution in [2.24, 2.45) is 0 Å². The van der Waals surface area contributed by atoms with E-state index in [-0.39, 0.29) is 11.5 Å². The summed E-state index contributed by atoms with van der Waals surface area (Å²) in [4.78, 5) is 37.6. The lowest BCUT2D eigenvalue weighted by Crippen LogP contribution is -2.41. The van der Waals surface area contributed by atoms with E-state index in [1.54, 1.807) is 23.1 Å². The van der Waals surface area contributed by atoms with Gasteiger partial charge in [0.1, 0.15) is 5.82 Å². The Kier molecular flexibility index (Phi) is 5.26. The van der Waals surface area contributed by atoms with Crippen molar-refractivity contribution in [1.82, 2.24) is 15.8 Å². The zero-order valence-corrected chi connectivity index (χ0v) is 14.0. The number of nitrogens with one attached hydrogen (secondary N) is 2. The van der Waals surface area contributed by atoms with Gasteiger partial charge in [-0.25, -0.2) is 4.39 Å². The summed E-state index contributed by atoms with van der Waals surface area (Å²) in [5, 5.41) is 0. The molecule has 3 amide bonds. The summed E-state index contributed by atoms with van der Waals surface area (Å²) < 4.78 is 12.9. The molecule has 0 aliphatic carbocycles. The first-order valence-electron chi connectivity index (χ1n) is 8.26. The molecule has 1 heterocycles. The van der Waals surface area contributed by atoms with Gasteiger partial charge in [-0.2, -0.15) is 0 Å². The van der Waals surface area contributed by atoms with Crippen molar-refractivity contribution >= 4 is 17.7 Å². The minimum absolute atomic E-state index is 0.117. The lowest BCUT2D eigenvalue weighted by Gasteiger charge is -2.16. The molecule has 0 bridgehead atoms. The van der Waals surface area contributed by atoms with Crippen LogP contribution in [0.2, 0.25) is 0 Å². The van der Waals surface area contributed by atoms with Gasteiger partial charge in [0.15, 0.2) is 0 Å². The summed E-state index contributed by atoms with van der Waals surface area (Å²) in [6.07, 6.45) is 1.42. The zero-order valence-electron chi connectivity index (χ0n) is 14.0. The molecule has 1 fully saturated rings. The van der Waals surface area contributed by atoms with Gasteiger partial charge < -0.3 is 4.90 Å². The first-order valence-corrected chi connectivity index (χ1v) is 8.26. The number of hydrazine groups is 1. The number of rotatable bonds is 4. The molecule has 0 atom stereocenters. The Morgan fingerprint density at radius 2 is 1.69 bits per heavy atom. The number of amides is 3. The maximum atomic E-state index is 12.9. The van der Waals surface area contributed by atoms with E-state index in [1.165, 1.54) is 24.3 Å². The topological polar surface area (TPSA) is 78.5 Å². The highest BCUT2D eigenvalue weighted by atomic mass is 19.1. The van der Waals surface area contributed by atoms with Crippen LogP contribution in [0.25, 0.3) is 0 Å². The summed E-state index contributed by atoms with van der Waals surface area (Å²) in [6.45, 7) is 1.19. The Hall–Kier alpha value is -3.22. The van der Waals surface area contributed by atoms with Crippen LogP contribution in [0.4, 0.5) is 4.39 Å². The lowest BCUT2D eigenvalue weighted by atomic mass is 10.1. The summed E-state index contributed by atoms with van der Waals surface area (Å²) in [6, 6.07) is 11.9. The van der Waals surface area contributed by atoms with Gasteiger partial charge in [-0.1, -0.05) is 12.1 Å². The molecular weight excluding hydrogens is 337 g/mol. The maximum absolute atomic E-state index is 12.9. The number of carbonyl (C=O) groups excluding carboxylic acids is 3. The van der Waals surface area contributed by atoms with Crippen molar-refractivity contribution in [2.75, 3.05) is 6.54 Å². The van der Waals surface area contributed by atoms with Gasteiger partial charge in [-0.05, 0) is 48.4 Å². The molecule has 1 saturated heterocycles. The fourth-order valence-corrected chi connectivity index (χ4v) is 2.76. The standard InChI is InChI=1S/C19H18FN3O3/c20-16-8-6-14(7-9-16)18(25)21-22-19(26)15-4-1-3-13(11-15)12-23-10-2-5-17(23)24/h1,3-4,6-9,11H,2,5,10,12H2,(H,21,25)(H,22,26). The van der Waals surface area contributed by atoms with Crippen LogP contribution in [0.5, 0.6) is 0 Å². The molecule has 1 aliphatic heterocycles. The quantitative estimate of drug-likeness (QED) is 0.824. The third-order valence-electron chi connectivity index (χ3n) is 4.13. The first kappa shape index (κ1) is 17.6. The summed E-state index contributed by atoms with van der Waals surface area (Å²) in [5.74, 6) is -1.35. The average Bonchev–Trinajstić information content (AvgIpc) is 3.05. The van der Waals surface area contributed by atoms with Crippen molar-refractivity contribution in [3.05, 3.63) is 71.0 Å². The summed E-state index contributed by atoms with van der Waals surface area (Å²) >= 11 is 0. The molecule has 26 heavy (non-hydrogen) atoms. The van der Waals surface area contributed by atoms with Crippen molar-refractivity contribution in [1.29, 1.82) is 0 Å². The SMILES string of the molecule is O=C(NNC(=O)c1cccc(CN2CCCC2=O)c1)c1ccc(F)cc1. The summed E-state index contributed by atoms with van der Waals surface area (Å²) in [5.41, 5.74) is 6.06. The largest absolute Gasteiger partial charge is 0.338 e. The average molecular weight is 355 g/mol. The molecule has 2 N–H and O–H groups in total. The molecule has 3 rings (SSSR count). The first-order chi connectivity index (χ1) is 12.5. The van der Waals surface area contributed by atoms with Crippen LogP contribution in [-0.2, 0) is 11.3 Å². The van der Waals surface area contributed by atoms with E-state index >= 15 is 0 Å². The van der Waals surface area contributed by atoms with Crippen LogP contribution in [0, 0.1) is 5.82 Å². The van der Waals surface area contributed by atoms with Gasteiger partial charge in [-0.15, -0.1) is 0 Å². The smallest absolute Gasteiger partial charge is 0.269 e. The number of carbonyl (C=O) groups is 3. The molecule has 0 saturated carbocycles. The van der Waals surface area contributed by atoms with Crippen molar-refractivity contribution in [3.8, 4) is 0 Å².